The highest BCUT2D eigenvalue weighted by atomic mass is 35.5. The minimum Gasteiger partial charge on any atom is -0.437 e. The van der Waals surface area contributed by atoms with Gasteiger partial charge >= 0.3 is 0 Å². The summed E-state index contributed by atoms with van der Waals surface area (Å²) in [7, 11) is 0. The molecule has 0 spiro atoms. The SMILES string of the molecule is Clc1cc(Cl)cc(Oc2nc3ccccc3nc2Cc2ccccc2)c1. The topological polar surface area (TPSA) is 35.0 Å². The zero-order chi connectivity index (χ0) is 17.9. The van der Waals surface area contributed by atoms with Crippen LogP contribution in [0.1, 0.15) is 11.3 Å². The van der Waals surface area contributed by atoms with E-state index in [1.807, 2.05) is 42.5 Å². The van der Waals surface area contributed by atoms with Gasteiger partial charge in [-0.05, 0) is 35.9 Å². The van der Waals surface area contributed by atoms with Crippen molar-refractivity contribution < 1.29 is 4.74 Å². The third kappa shape index (κ3) is 3.79. The number of para-hydroxylation sites is 2. The van der Waals surface area contributed by atoms with Crippen LogP contribution in [0, 0.1) is 0 Å². The normalized spacial score (nSPS) is 10.8. The molecule has 0 amide bonds. The molecule has 1 aromatic heterocycles. The molecular weight excluding hydrogens is 367 g/mol. The van der Waals surface area contributed by atoms with E-state index in [2.05, 4.69) is 17.1 Å². The van der Waals surface area contributed by atoms with Gasteiger partial charge in [0.1, 0.15) is 11.4 Å². The lowest BCUT2D eigenvalue weighted by Crippen LogP contribution is -2.01. The fourth-order valence-electron chi connectivity index (χ4n) is 2.71. The second-order valence-corrected chi connectivity index (χ2v) is 6.71. The van der Waals surface area contributed by atoms with Crippen LogP contribution in [0.2, 0.25) is 10.0 Å². The quantitative estimate of drug-likeness (QED) is 0.415. The highest BCUT2D eigenvalue weighted by molar-refractivity contribution is 6.34. The van der Waals surface area contributed by atoms with Crippen molar-refractivity contribution in [3.8, 4) is 11.6 Å². The molecule has 4 aromatic rings. The minimum absolute atomic E-state index is 0.450. The van der Waals surface area contributed by atoms with Gasteiger partial charge in [-0.2, -0.15) is 0 Å². The molecule has 3 aromatic carbocycles. The molecule has 0 saturated heterocycles. The molecule has 1 heterocycles. The Kier molecular flexibility index (Phi) is 4.74. The van der Waals surface area contributed by atoms with E-state index in [0.717, 1.165) is 22.3 Å². The third-order valence-electron chi connectivity index (χ3n) is 3.87. The Morgan fingerprint density at radius 2 is 1.35 bits per heavy atom. The molecule has 128 valence electrons. The fraction of sp³-hybridized carbons (Fsp3) is 0.0476. The van der Waals surface area contributed by atoms with E-state index in [4.69, 9.17) is 32.9 Å². The number of benzene rings is 3. The molecule has 5 heteroatoms. The van der Waals surface area contributed by atoms with E-state index in [9.17, 15) is 0 Å². The standard InChI is InChI=1S/C21H14Cl2N2O/c22-15-11-16(23)13-17(12-15)26-21-20(10-14-6-2-1-3-7-14)24-18-8-4-5-9-19(18)25-21/h1-9,11-13H,10H2. The number of ether oxygens (including phenoxy) is 1. The van der Waals surface area contributed by atoms with E-state index in [1.54, 1.807) is 18.2 Å². The van der Waals surface area contributed by atoms with E-state index < -0.39 is 0 Å². The van der Waals surface area contributed by atoms with Crippen molar-refractivity contribution in [3.63, 3.8) is 0 Å². The predicted molar refractivity (Wildman–Crippen MR) is 105 cm³/mol. The van der Waals surface area contributed by atoms with Crippen molar-refractivity contribution in [2.24, 2.45) is 0 Å². The Balaban J connectivity index is 1.78. The Hall–Kier alpha value is -2.62. The molecule has 0 atom stereocenters. The van der Waals surface area contributed by atoms with Crippen LogP contribution in [0.4, 0.5) is 0 Å². The Bertz CT molecular complexity index is 1050. The van der Waals surface area contributed by atoms with Gasteiger partial charge in [0.15, 0.2) is 0 Å². The molecule has 0 fully saturated rings. The molecule has 4 rings (SSSR count). The van der Waals surface area contributed by atoms with Crippen molar-refractivity contribution in [2.45, 2.75) is 6.42 Å². The molecule has 0 N–H and O–H groups in total. The van der Waals surface area contributed by atoms with Crippen molar-refractivity contribution in [1.29, 1.82) is 0 Å². The second kappa shape index (κ2) is 7.32. The number of aromatic nitrogens is 2. The van der Waals surface area contributed by atoms with Crippen molar-refractivity contribution in [3.05, 3.63) is 94.1 Å². The van der Waals surface area contributed by atoms with Crippen LogP contribution in [-0.4, -0.2) is 9.97 Å². The number of hydrogen-bond acceptors (Lipinski definition) is 3. The number of hydrogen-bond donors (Lipinski definition) is 0. The highest BCUT2D eigenvalue weighted by Crippen LogP contribution is 2.30. The first-order valence-electron chi connectivity index (χ1n) is 8.11. The summed E-state index contributed by atoms with van der Waals surface area (Å²) in [5, 5.41) is 1.01. The average Bonchev–Trinajstić information content (AvgIpc) is 2.62. The molecule has 0 unspecified atom stereocenters. The lowest BCUT2D eigenvalue weighted by atomic mass is 10.1. The molecule has 26 heavy (non-hydrogen) atoms. The van der Waals surface area contributed by atoms with Gasteiger partial charge in [-0.1, -0.05) is 65.7 Å². The molecular formula is C21H14Cl2N2O. The molecule has 0 aliphatic carbocycles. The van der Waals surface area contributed by atoms with Crippen LogP contribution in [0.15, 0.2) is 72.8 Å². The molecule has 0 radical (unpaired) electrons. The fourth-order valence-corrected chi connectivity index (χ4v) is 3.21. The lowest BCUT2D eigenvalue weighted by Gasteiger charge is -2.12. The summed E-state index contributed by atoms with van der Waals surface area (Å²) in [5.41, 5.74) is 3.49. The number of rotatable bonds is 4. The first kappa shape index (κ1) is 16.8. The van der Waals surface area contributed by atoms with E-state index in [-0.39, 0.29) is 0 Å². The van der Waals surface area contributed by atoms with Gasteiger partial charge in [-0.3, -0.25) is 0 Å². The number of halogens is 2. The summed E-state index contributed by atoms with van der Waals surface area (Å²) < 4.78 is 6.01. The first-order chi connectivity index (χ1) is 12.7. The summed E-state index contributed by atoms with van der Waals surface area (Å²) in [5.74, 6) is 0.979. The molecule has 0 bridgehead atoms. The third-order valence-corrected chi connectivity index (χ3v) is 4.31. The van der Waals surface area contributed by atoms with Crippen LogP contribution in [0.3, 0.4) is 0 Å². The monoisotopic (exact) mass is 380 g/mol. The average molecular weight is 381 g/mol. The first-order valence-corrected chi connectivity index (χ1v) is 8.86. The second-order valence-electron chi connectivity index (χ2n) is 5.83. The van der Waals surface area contributed by atoms with Gasteiger partial charge in [0.05, 0.1) is 11.0 Å². The lowest BCUT2D eigenvalue weighted by molar-refractivity contribution is 0.456. The van der Waals surface area contributed by atoms with Crippen LogP contribution in [0.5, 0.6) is 11.6 Å². The summed E-state index contributed by atoms with van der Waals surface area (Å²) in [6, 6.07) is 22.9. The van der Waals surface area contributed by atoms with Gasteiger partial charge in [-0.15, -0.1) is 0 Å². The van der Waals surface area contributed by atoms with Crippen LogP contribution >= 0.6 is 23.2 Å². The maximum atomic E-state index is 6.08. The van der Waals surface area contributed by atoms with Gasteiger partial charge in [0.25, 0.3) is 0 Å². The van der Waals surface area contributed by atoms with Gasteiger partial charge in [0, 0.05) is 16.5 Å². The van der Waals surface area contributed by atoms with Crippen LogP contribution < -0.4 is 4.74 Å². The summed E-state index contributed by atoms with van der Waals surface area (Å²) in [6.45, 7) is 0. The van der Waals surface area contributed by atoms with Gasteiger partial charge in [-0.25, -0.2) is 9.97 Å². The summed E-state index contributed by atoms with van der Waals surface area (Å²) in [6.07, 6.45) is 0.613. The predicted octanol–water partition coefficient (Wildman–Crippen LogP) is 6.32. The summed E-state index contributed by atoms with van der Waals surface area (Å²) in [4.78, 5) is 9.41. The number of nitrogens with zero attached hydrogens (tertiary/aromatic N) is 2. The maximum Gasteiger partial charge on any atom is 0.242 e. The van der Waals surface area contributed by atoms with E-state index in [1.165, 1.54) is 0 Å². The zero-order valence-electron chi connectivity index (χ0n) is 13.7. The molecule has 0 saturated carbocycles. The highest BCUT2D eigenvalue weighted by Gasteiger charge is 2.13. The smallest absolute Gasteiger partial charge is 0.242 e. The molecule has 0 aliphatic rings. The largest absolute Gasteiger partial charge is 0.437 e. The maximum absolute atomic E-state index is 6.08. The minimum atomic E-state index is 0.450. The van der Waals surface area contributed by atoms with Crippen LogP contribution in [-0.2, 0) is 6.42 Å². The van der Waals surface area contributed by atoms with Crippen molar-refractivity contribution in [1.82, 2.24) is 9.97 Å². The molecule has 3 nitrogen and oxygen atoms in total. The Morgan fingerprint density at radius 3 is 2.04 bits per heavy atom. The van der Waals surface area contributed by atoms with Crippen molar-refractivity contribution >= 4 is 34.2 Å². The Labute approximate surface area is 161 Å². The van der Waals surface area contributed by atoms with E-state index in [0.29, 0.717) is 28.1 Å². The van der Waals surface area contributed by atoms with E-state index >= 15 is 0 Å². The van der Waals surface area contributed by atoms with Crippen molar-refractivity contribution in [2.75, 3.05) is 0 Å². The zero-order valence-corrected chi connectivity index (χ0v) is 15.2. The van der Waals surface area contributed by atoms with Crippen LogP contribution in [0.25, 0.3) is 11.0 Å². The van der Waals surface area contributed by atoms with Gasteiger partial charge < -0.3 is 4.74 Å². The summed E-state index contributed by atoms with van der Waals surface area (Å²) >= 11 is 12.2. The number of fused-ring (bicyclic) bond motifs is 1. The molecule has 0 aliphatic heterocycles. The Morgan fingerprint density at radius 1 is 0.731 bits per heavy atom. The van der Waals surface area contributed by atoms with Gasteiger partial charge in [0.2, 0.25) is 5.88 Å².